The van der Waals surface area contributed by atoms with Gasteiger partial charge in [-0.1, -0.05) is 6.08 Å². The molecule has 0 saturated carbocycles. The maximum Gasteiger partial charge on any atom is 0.190 e. The molecule has 14 heavy (non-hydrogen) atoms. The Balaban J connectivity index is 0.000000292. The van der Waals surface area contributed by atoms with Gasteiger partial charge in [-0.2, -0.15) is 10.5 Å². The highest BCUT2D eigenvalue weighted by Gasteiger charge is 2.13. The molecule has 0 radical (unpaired) electrons. The predicted molar refractivity (Wildman–Crippen MR) is 54.2 cm³/mol. The van der Waals surface area contributed by atoms with Gasteiger partial charge < -0.3 is 0 Å². The molecule has 1 atom stereocenters. The first kappa shape index (κ1) is 12.2. The fourth-order valence-corrected chi connectivity index (χ4v) is 0.958. The third kappa shape index (κ3) is 4.97. The van der Waals surface area contributed by atoms with Crippen molar-refractivity contribution < 1.29 is 4.48 Å². The van der Waals surface area contributed by atoms with E-state index in [-0.39, 0.29) is 0 Å². The van der Waals surface area contributed by atoms with Crippen LogP contribution < -0.4 is 5.32 Å². The molecule has 0 spiro atoms. The highest BCUT2D eigenvalue weighted by Crippen LogP contribution is 2.07. The lowest BCUT2D eigenvalue weighted by Crippen LogP contribution is -2.38. The summed E-state index contributed by atoms with van der Waals surface area (Å²) in [5.74, 6) is 0. The molecule has 1 unspecified atom stereocenters. The summed E-state index contributed by atoms with van der Waals surface area (Å²) < 4.78 is 1.05. The molecule has 74 valence electrons. The number of nitrogens with one attached hydrogen (secondary N) is 1. The summed E-state index contributed by atoms with van der Waals surface area (Å²) in [4.78, 5) is 0. The van der Waals surface area contributed by atoms with Crippen LogP contribution in [0.15, 0.2) is 24.4 Å². The Kier molecular flexibility index (Phi) is 5.85. The number of nitrogens with zero attached hydrogens (tertiary/aromatic N) is 3. The van der Waals surface area contributed by atoms with Crippen molar-refractivity contribution >= 4 is 0 Å². The maximum atomic E-state index is 7.48. The Bertz CT molecular complexity index is 280. The first-order valence-corrected chi connectivity index (χ1v) is 4.40. The molecule has 4 nitrogen and oxygen atoms in total. The molecule has 0 fully saturated rings. The highest BCUT2D eigenvalue weighted by molar-refractivity contribution is 5.03. The van der Waals surface area contributed by atoms with Gasteiger partial charge >= 0.3 is 0 Å². The van der Waals surface area contributed by atoms with Gasteiger partial charge in [0.05, 0.1) is 19.8 Å². The molecular weight excluding hydrogens is 176 g/mol. The topological polar surface area (TPSA) is 59.6 Å². The average Bonchev–Trinajstić information content (AvgIpc) is 2.21. The molecule has 1 N–H and O–H groups in total. The summed E-state index contributed by atoms with van der Waals surface area (Å²) in [7, 11) is 2.24. The number of rotatable bonds is 1. The summed E-state index contributed by atoms with van der Waals surface area (Å²) >= 11 is 0. The van der Waals surface area contributed by atoms with Crippen LogP contribution in [0.5, 0.6) is 0 Å². The highest BCUT2D eigenvalue weighted by atomic mass is 15.3. The zero-order valence-electron chi connectivity index (χ0n) is 8.57. The minimum absolute atomic E-state index is 1.05. The zero-order chi connectivity index (χ0) is 10.9. The lowest BCUT2D eigenvalue weighted by molar-refractivity contribution is -0.852. The molecule has 0 saturated heterocycles. The van der Waals surface area contributed by atoms with Gasteiger partial charge in [0.15, 0.2) is 12.4 Å². The van der Waals surface area contributed by atoms with Crippen molar-refractivity contribution in [1.82, 2.24) is 5.32 Å². The summed E-state index contributed by atoms with van der Waals surface area (Å²) in [5, 5.41) is 16.7. The van der Waals surface area contributed by atoms with Crippen molar-refractivity contribution in [3.63, 3.8) is 0 Å². The van der Waals surface area contributed by atoms with E-state index in [1.165, 1.54) is 18.9 Å². The van der Waals surface area contributed by atoms with E-state index in [1.807, 2.05) is 0 Å². The molecule has 1 aliphatic rings. The Morgan fingerprint density at radius 2 is 2.00 bits per heavy atom. The van der Waals surface area contributed by atoms with Crippen LogP contribution in [0.3, 0.4) is 0 Å². The predicted octanol–water partition coefficient (Wildman–Crippen LogP) is 1.07. The SMILES string of the molecule is CC[N+]1(C)C=CC=CC1.N#CNC#N. The third-order valence-electron chi connectivity index (χ3n) is 2.05. The van der Waals surface area contributed by atoms with Crippen molar-refractivity contribution in [2.75, 3.05) is 20.1 Å². The van der Waals surface area contributed by atoms with Gasteiger partial charge in [0, 0.05) is 0 Å². The van der Waals surface area contributed by atoms with E-state index in [4.69, 9.17) is 10.5 Å². The zero-order valence-corrected chi connectivity index (χ0v) is 8.57. The van der Waals surface area contributed by atoms with Crippen LogP contribution in [0.25, 0.3) is 0 Å². The largest absolute Gasteiger partial charge is 0.297 e. The van der Waals surface area contributed by atoms with Crippen molar-refractivity contribution in [2.45, 2.75) is 6.92 Å². The summed E-state index contributed by atoms with van der Waals surface area (Å²) in [6, 6.07) is 0. The maximum absolute atomic E-state index is 7.48. The summed E-state index contributed by atoms with van der Waals surface area (Å²) in [6.07, 6.45) is 11.5. The monoisotopic (exact) mass is 191 g/mol. The van der Waals surface area contributed by atoms with E-state index in [9.17, 15) is 0 Å². The number of quaternary nitrogens is 1. The van der Waals surface area contributed by atoms with E-state index >= 15 is 0 Å². The Morgan fingerprint density at radius 1 is 1.36 bits per heavy atom. The summed E-state index contributed by atoms with van der Waals surface area (Å²) in [5.41, 5.74) is 0. The molecule has 0 bridgehead atoms. The van der Waals surface area contributed by atoms with Crippen molar-refractivity contribution in [2.24, 2.45) is 0 Å². The number of allylic oxidation sites excluding steroid dienone is 2. The molecular formula is C10H15N4+. The van der Waals surface area contributed by atoms with Crippen molar-refractivity contribution in [1.29, 1.82) is 10.5 Å². The first-order valence-electron chi connectivity index (χ1n) is 4.40. The first-order chi connectivity index (χ1) is 6.68. The molecule has 1 heterocycles. The molecule has 0 amide bonds. The van der Waals surface area contributed by atoms with Crippen LogP contribution in [-0.4, -0.2) is 24.6 Å². The van der Waals surface area contributed by atoms with E-state index < -0.39 is 0 Å². The number of nitriles is 2. The molecule has 0 aliphatic carbocycles. The van der Waals surface area contributed by atoms with Gasteiger partial charge in [0.1, 0.15) is 6.54 Å². The standard InChI is InChI=1S/C8H14N.C2HN3/c1-3-9(2)7-5-4-6-8-9;3-1-5-2-4/h4-7H,3,8H2,1-2H3;5H/q+1;. The molecule has 0 aromatic heterocycles. The van der Waals surface area contributed by atoms with E-state index in [1.54, 1.807) is 5.32 Å². The second-order valence-corrected chi connectivity index (χ2v) is 3.10. The number of hydrogen-bond acceptors (Lipinski definition) is 3. The lowest BCUT2D eigenvalue weighted by Gasteiger charge is -2.28. The quantitative estimate of drug-likeness (QED) is 0.383. The van der Waals surface area contributed by atoms with Crippen LogP contribution in [0.4, 0.5) is 0 Å². The Hall–Kier alpha value is -1.78. The molecule has 0 aromatic carbocycles. The van der Waals surface area contributed by atoms with Gasteiger partial charge in [-0.05, 0) is 19.1 Å². The Labute approximate surface area is 84.9 Å². The van der Waals surface area contributed by atoms with E-state index in [0.29, 0.717) is 0 Å². The molecule has 1 aliphatic heterocycles. The fourth-order valence-electron chi connectivity index (χ4n) is 0.958. The van der Waals surface area contributed by atoms with Crippen LogP contribution >= 0.6 is 0 Å². The molecule has 1 rings (SSSR count). The fraction of sp³-hybridized carbons (Fsp3) is 0.400. The van der Waals surface area contributed by atoms with Crippen molar-refractivity contribution in [3.8, 4) is 12.4 Å². The minimum atomic E-state index is 1.05. The third-order valence-corrected chi connectivity index (χ3v) is 2.05. The van der Waals surface area contributed by atoms with Crippen LogP contribution in [0, 0.1) is 22.9 Å². The molecule has 0 aromatic rings. The lowest BCUT2D eigenvalue weighted by atomic mass is 10.3. The van der Waals surface area contributed by atoms with Crippen LogP contribution in [0.2, 0.25) is 0 Å². The normalized spacial score (nSPS) is 22.6. The van der Waals surface area contributed by atoms with Crippen LogP contribution in [-0.2, 0) is 0 Å². The van der Waals surface area contributed by atoms with Crippen molar-refractivity contribution in [3.05, 3.63) is 24.4 Å². The average molecular weight is 191 g/mol. The van der Waals surface area contributed by atoms with Gasteiger partial charge in [-0.25, -0.2) is 5.32 Å². The van der Waals surface area contributed by atoms with Gasteiger partial charge in [-0.3, -0.25) is 4.48 Å². The molecule has 4 heteroatoms. The minimum Gasteiger partial charge on any atom is -0.297 e. The van der Waals surface area contributed by atoms with Gasteiger partial charge in [-0.15, -0.1) is 0 Å². The number of likely N-dealkylation sites (N-methyl/N-ethyl adjacent to an activating group) is 1. The van der Waals surface area contributed by atoms with E-state index in [2.05, 4.69) is 38.4 Å². The van der Waals surface area contributed by atoms with Crippen LogP contribution in [0.1, 0.15) is 6.92 Å². The Morgan fingerprint density at radius 3 is 2.21 bits per heavy atom. The van der Waals surface area contributed by atoms with E-state index in [0.717, 1.165) is 11.0 Å². The smallest absolute Gasteiger partial charge is 0.190 e. The second kappa shape index (κ2) is 6.71. The summed E-state index contributed by atoms with van der Waals surface area (Å²) in [6.45, 7) is 4.54. The van der Waals surface area contributed by atoms with Gasteiger partial charge in [0.2, 0.25) is 0 Å². The van der Waals surface area contributed by atoms with Gasteiger partial charge in [0.25, 0.3) is 0 Å². The number of hydrogen-bond donors (Lipinski definition) is 1. The second-order valence-electron chi connectivity index (χ2n) is 3.10.